The fraction of sp³-hybridized carbons (Fsp3) is 0.333. The molecular weight excluding hydrogens is 400 g/mol. The summed E-state index contributed by atoms with van der Waals surface area (Å²) in [5.41, 5.74) is 3.93. The Morgan fingerprint density at radius 2 is 1.97 bits per heavy atom. The lowest BCUT2D eigenvalue weighted by molar-refractivity contribution is 0.349. The van der Waals surface area contributed by atoms with Gasteiger partial charge in [0.25, 0.3) is 0 Å². The van der Waals surface area contributed by atoms with Crippen LogP contribution in [0.1, 0.15) is 36.2 Å². The highest BCUT2D eigenvalue weighted by Crippen LogP contribution is 2.39. The molecule has 0 amide bonds. The van der Waals surface area contributed by atoms with Gasteiger partial charge in [-0.2, -0.15) is 5.10 Å². The van der Waals surface area contributed by atoms with Gasteiger partial charge in [0.1, 0.15) is 5.82 Å². The van der Waals surface area contributed by atoms with E-state index in [0.29, 0.717) is 11.7 Å². The zero-order chi connectivity index (χ0) is 22.1. The Hall–Kier alpha value is -3.36. The molecule has 5 rings (SSSR count). The van der Waals surface area contributed by atoms with Crippen molar-refractivity contribution in [2.75, 3.05) is 33.0 Å². The highest BCUT2D eigenvalue weighted by molar-refractivity contribution is 5.91. The van der Waals surface area contributed by atoms with Crippen LogP contribution in [0.4, 0.5) is 11.6 Å². The summed E-state index contributed by atoms with van der Waals surface area (Å²) >= 11 is 0. The van der Waals surface area contributed by atoms with Gasteiger partial charge in [0.05, 0.1) is 17.3 Å². The third-order valence-electron chi connectivity index (χ3n) is 5.76. The minimum atomic E-state index is 0.161. The molecule has 8 nitrogen and oxygen atoms in total. The first-order valence-electron chi connectivity index (χ1n) is 11.0. The fourth-order valence-electron chi connectivity index (χ4n) is 3.87. The minimum Gasteiger partial charge on any atom is -0.323 e. The van der Waals surface area contributed by atoms with Gasteiger partial charge in [-0.05, 0) is 58.3 Å². The quantitative estimate of drug-likeness (QED) is 0.392. The van der Waals surface area contributed by atoms with Crippen molar-refractivity contribution >= 4 is 22.5 Å². The molecule has 1 saturated carbocycles. The zero-order valence-corrected chi connectivity index (χ0v) is 18.6. The summed E-state index contributed by atoms with van der Waals surface area (Å²) in [5.74, 6) is 2.77. The SMILES string of the molecule is CNC(CN(C)C)c1ccc(-c2nc(Nc3cc(C4CC4)[nH]n3)c3ccccc3n2)cn1. The Morgan fingerprint density at radius 3 is 2.69 bits per heavy atom. The summed E-state index contributed by atoms with van der Waals surface area (Å²) in [4.78, 5) is 16.5. The lowest BCUT2D eigenvalue weighted by atomic mass is 10.1. The Balaban J connectivity index is 1.47. The maximum absolute atomic E-state index is 4.84. The van der Waals surface area contributed by atoms with Gasteiger partial charge in [0.15, 0.2) is 11.6 Å². The van der Waals surface area contributed by atoms with Gasteiger partial charge < -0.3 is 15.5 Å². The van der Waals surface area contributed by atoms with Gasteiger partial charge in [-0.15, -0.1) is 0 Å². The smallest absolute Gasteiger partial charge is 0.163 e. The van der Waals surface area contributed by atoms with Crippen LogP contribution in [0.3, 0.4) is 0 Å². The Morgan fingerprint density at radius 1 is 1.12 bits per heavy atom. The van der Waals surface area contributed by atoms with Crippen LogP contribution in [0.25, 0.3) is 22.3 Å². The number of fused-ring (bicyclic) bond motifs is 1. The summed E-state index contributed by atoms with van der Waals surface area (Å²) in [6, 6.07) is 14.3. The van der Waals surface area contributed by atoms with Crippen molar-refractivity contribution in [1.29, 1.82) is 0 Å². The molecule has 0 spiro atoms. The first kappa shape index (κ1) is 20.5. The predicted octanol–water partition coefficient (Wildman–Crippen LogP) is 3.86. The molecule has 1 unspecified atom stereocenters. The van der Waals surface area contributed by atoms with Crippen LogP contribution < -0.4 is 10.6 Å². The average molecular weight is 429 g/mol. The second kappa shape index (κ2) is 8.64. The summed E-state index contributed by atoms with van der Waals surface area (Å²) in [6.07, 6.45) is 4.31. The number of para-hydroxylation sites is 1. The molecule has 0 aliphatic heterocycles. The van der Waals surface area contributed by atoms with Crippen molar-refractivity contribution in [3.8, 4) is 11.4 Å². The molecule has 1 aromatic carbocycles. The summed E-state index contributed by atoms with van der Waals surface area (Å²) in [5, 5.41) is 15.2. The predicted molar refractivity (Wildman–Crippen MR) is 127 cm³/mol. The molecule has 0 radical (unpaired) electrons. The minimum absolute atomic E-state index is 0.161. The van der Waals surface area contributed by atoms with Crippen LogP contribution in [0.5, 0.6) is 0 Å². The van der Waals surface area contributed by atoms with Crippen molar-refractivity contribution in [2.24, 2.45) is 0 Å². The van der Waals surface area contributed by atoms with E-state index in [9.17, 15) is 0 Å². The number of likely N-dealkylation sites (N-methyl/N-ethyl adjacent to an activating group) is 2. The van der Waals surface area contributed by atoms with Gasteiger partial charge in [0, 0.05) is 41.4 Å². The molecule has 4 aromatic rings. The molecule has 1 aliphatic rings. The number of aromatic amines is 1. The molecule has 0 bridgehead atoms. The zero-order valence-electron chi connectivity index (χ0n) is 18.6. The second-order valence-electron chi connectivity index (χ2n) is 8.60. The van der Waals surface area contributed by atoms with E-state index in [1.165, 1.54) is 18.5 Å². The standard InChI is InChI=1S/C24H28N8/c1-25-21(14-32(2)3)19-11-10-16(13-26-19)23-27-18-7-5-4-6-17(18)24(29-23)28-22-12-20(30-31-22)15-8-9-15/h4-7,10-13,15,21,25H,8-9,14H2,1-3H3,(H2,27,28,29,30,31). The number of hydrogen-bond acceptors (Lipinski definition) is 7. The Labute approximate surface area is 187 Å². The number of nitrogens with zero attached hydrogens (tertiary/aromatic N) is 5. The van der Waals surface area contributed by atoms with Gasteiger partial charge in [-0.25, -0.2) is 9.97 Å². The van der Waals surface area contributed by atoms with Gasteiger partial charge in [0.2, 0.25) is 0 Å². The van der Waals surface area contributed by atoms with Crippen LogP contribution in [0.15, 0.2) is 48.7 Å². The van der Waals surface area contributed by atoms with E-state index < -0.39 is 0 Å². The summed E-state index contributed by atoms with van der Waals surface area (Å²) < 4.78 is 0. The Kier molecular flexibility index (Phi) is 5.55. The van der Waals surface area contributed by atoms with Crippen molar-refractivity contribution in [3.63, 3.8) is 0 Å². The van der Waals surface area contributed by atoms with Crippen LogP contribution >= 0.6 is 0 Å². The molecule has 32 heavy (non-hydrogen) atoms. The monoisotopic (exact) mass is 428 g/mol. The molecule has 3 heterocycles. The lowest BCUT2D eigenvalue weighted by Crippen LogP contribution is -2.29. The van der Waals surface area contributed by atoms with Crippen molar-refractivity contribution < 1.29 is 0 Å². The normalized spacial score (nSPS) is 14.8. The first-order valence-corrected chi connectivity index (χ1v) is 11.0. The van der Waals surface area contributed by atoms with Crippen molar-refractivity contribution in [3.05, 3.63) is 60.0 Å². The summed E-state index contributed by atoms with van der Waals surface area (Å²) in [6.45, 7) is 0.871. The highest BCUT2D eigenvalue weighted by atomic mass is 15.2. The molecule has 3 N–H and O–H groups in total. The highest BCUT2D eigenvalue weighted by Gasteiger charge is 2.25. The fourth-order valence-corrected chi connectivity index (χ4v) is 3.87. The van der Waals surface area contributed by atoms with E-state index in [4.69, 9.17) is 15.0 Å². The molecule has 1 atom stereocenters. The van der Waals surface area contributed by atoms with E-state index in [2.05, 4.69) is 45.9 Å². The molecule has 1 aliphatic carbocycles. The third kappa shape index (κ3) is 4.32. The van der Waals surface area contributed by atoms with Crippen LogP contribution in [-0.2, 0) is 0 Å². The number of nitrogens with one attached hydrogen (secondary N) is 3. The third-order valence-corrected chi connectivity index (χ3v) is 5.76. The van der Waals surface area contributed by atoms with Gasteiger partial charge in [-0.3, -0.25) is 10.1 Å². The number of benzene rings is 1. The topological polar surface area (TPSA) is 94.7 Å². The van der Waals surface area contributed by atoms with Crippen LogP contribution in [0, 0.1) is 0 Å². The van der Waals surface area contributed by atoms with Crippen molar-refractivity contribution in [2.45, 2.75) is 24.8 Å². The van der Waals surface area contributed by atoms with E-state index in [-0.39, 0.29) is 6.04 Å². The average Bonchev–Trinajstić information content (AvgIpc) is 3.56. The maximum Gasteiger partial charge on any atom is 0.163 e. The van der Waals surface area contributed by atoms with E-state index in [0.717, 1.165) is 40.3 Å². The number of hydrogen-bond donors (Lipinski definition) is 3. The van der Waals surface area contributed by atoms with Crippen molar-refractivity contribution in [1.82, 2.24) is 35.4 Å². The summed E-state index contributed by atoms with van der Waals surface area (Å²) in [7, 11) is 6.07. The van der Waals surface area contributed by atoms with Gasteiger partial charge in [-0.1, -0.05) is 12.1 Å². The number of aromatic nitrogens is 5. The molecular formula is C24H28N8. The molecule has 0 saturated heterocycles. The molecule has 3 aromatic heterocycles. The van der Waals surface area contributed by atoms with E-state index >= 15 is 0 Å². The number of anilines is 2. The van der Waals surface area contributed by atoms with E-state index in [1.807, 2.05) is 49.6 Å². The molecule has 8 heteroatoms. The number of H-pyrrole nitrogens is 1. The van der Waals surface area contributed by atoms with Crippen LogP contribution in [0.2, 0.25) is 0 Å². The molecule has 1 fully saturated rings. The first-order chi connectivity index (χ1) is 15.6. The second-order valence-corrected chi connectivity index (χ2v) is 8.60. The number of rotatable bonds is 8. The van der Waals surface area contributed by atoms with E-state index in [1.54, 1.807) is 0 Å². The largest absolute Gasteiger partial charge is 0.323 e. The molecule has 164 valence electrons. The van der Waals surface area contributed by atoms with Crippen LogP contribution in [-0.4, -0.2) is 57.7 Å². The Bertz CT molecular complexity index is 1210. The van der Waals surface area contributed by atoms with Gasteiger partial charge >= 0.3 is 0 Å². The lowest BCUT2D eigenvalue weighted by Gasteiger charge is -2.20. The maximum atomic E-state index is 4.84. The number of pyridine rings is 1.